The van der Waals surface area contributed by atoms with E-state index in [2.05, 4.69) is 19.1 Å². The van der Waals surface area contributed by atoms with Crippen LogP contribution in [-0.4, -0.2) is 47.3 Å². The van der Waals surface area contributed by atoms with Gasteiger partial charge in [-0.3, -0.25) is 9.59 Å². The second kappa shape index (κ2) is 6.71. The molecule has 2 amide bonds. The smallest absolute Gasteiger partial charge is 0.224 e. The van der Waals surface area contributed by atoms with Gasteiger partial charge in [0.2, 0.25) is 11.8 Å². The summed E-state index contributed by atoms with van der Waals surface area (Å²) in [6, 6.07) is 7.98. The molecule has 0 aliphatic carbocycles. The van der Waals surface area contributed by atoms with E-state index in [1.54, 1.807) is 4.90 Å². The van der Waals surface area contributed by atoms with E-state index in [1.807, 2.05) is 17.0 Å². The van der Waals surface area contributed by atoms with E-state index in [1.165, 1.54) is 11.1 Å². The van der Waals surface area contributed by atoms with Crippen molar-refractivity contribution >= 4 is 11.8 Å². The van der Waals surface area contributed by atoms with Crippen LogP contribution in [0, 0.1) is 5.92 Å². The first kappa shape index (κ1) is 16.0. The molecule has 2 atom stereocenters. The van der Waals surface area contributed by atoms with Crippen LogP contribution in [0.5, 0.6) is 0 Å². The Morgan fingerprint density at radius 1 is 1.35 bits per heavy atom. The Bertz CT molecular complexity index is 602. The first-order valence-corrected chi connectivity index (χ1v) is 8.41. The topological polar surface area (TPSA) is 66.6 Å². The molecule has 5 heteroatoms. The molecule has 1 saturated heterocycles. The number of hydrogen-bond donors (Lipinski definition) is 1. The van der Waals surface area contributed by atoms with E-state index in [0.717, 1.165) is 19.5 Å². The number of nitrogens with two attached hydrogens (primary N) is 1. The van der Waals surface area contributed by atoms with E-state index in [9.17, 15) is 9.59 Å². The number of carbonyl (C=O) groups excluding carboxylic acids is 2. The van der Waals surface area contributed by atoms with E-state index < -0.39 is 0 Å². The number of fused-ring (bicyclic) bond motifs is 1. The molecule has 2 N–H and O–H groups in total. The van der Waals surface area contributed by atoms with Gasteiger partial charge in [0.1, 0.15) is 0 Å². The molecule has 124 valence electrons. The summed E-state index contributed by atoms with van der Waals surface area (Å²) in [5.74, 6) is 0.642. The van der Waals surface area contributed by atoms with Gasteiger partial charge in [0.25, 0.3) is 0 Å². The summed E-state index contributed by atoms with van der Waals surface area (Å²) >= 11 is 0. The van der Waals surface area contributed by atoms with Gasteiger partial charge >= 0.3 is 0 Å². The minimum Gasteiger partial charge on any atom is -0.341 e. The maximum atomic E-state index is 12.5. The second-order valence-electron chi connectivity index (χ2n) is 6.91. The van der Waals surface area contributed by atoms with Crippen LogP contribution in [-0.2, 0) is 22.6 Å². The van der Waals surface area contributed by atoms with Crippen LogP contribution in [0.1, 0.15) is 30.9 Å². The van der Waals surface area contributed by atoms with Crippen LogP contribution in [0.3, 0.4) is 0 Å². The fraction of sp³-hybridized carbons (Fsp3) is 0.556. The van der Waals surface area contributed by atoms with Crippen molar-refractivity contribution in [2.75, 3.05) is 19.6 Å². The third-order valence-corrected chi connectivity index (χ3v) is 4.78. The summed E-state index contributed by atoms with van der Waals surface area (Å²) in [7, 11) is 0. The van der Waals surface area contributed by atoms with E-state index in [4.69, 9.17) is 5.73 Å². The zero-order valence-corrected chi connectivity index (χ0v) is 13.7. The summed E-state index contributed by atoms with van der Waals surface area (Å²) in [6.45, 7) is 4.74. The molecule has 2 aliphatic heterocycles. The average molecular weight is 315 g/mol. The summed E-state index contributed by atoms with van der Waals surface area (Å²) in [4.78, 5) is 28.0. The van der Waals surface area contributed by atoms with Crippen molar-refractivity contribution in [2.45, 2.75) is 38.8 Å². The molecule has 23 heavy (non-hydrogen) atoms. The summed E-state index contributed by atoms with van der Waals surface area (Å²) in [5.41, 5.74) is 8.68. The molecule has 0 spiro atoms. The number of benzene rings is 1. The van der Waals surface area contributed by atoms with Gasteiger partial charge in [-0.2, -0.15) is 0 Å². The molecule has 0 bridgehead atoms. The lowest BCUT2D eigenvalue weighted by atomic mass is 9.99. The Morgan fingerprint density at radius 2 is 2.09 bits per heavy atom. The van der Waals surface area contributed by atoms with Crippen LogP contribution >= 0.6 is 0 Å². The maximum Gasteiger partial charge on any atom is 0.224 e. The fourth-order valence-corrected chi connectivity index (χ4v) is 3.56. The van der Waals surface area contributed by atoms with Crippen LogP contribution in [0.4, 0.5) is 0 Å². The number of rotatable bonds is 4. The third-order valence-electron chi connectivity index (χ3n) is 4.78. The first-order chi connectivity index (χ1) is 11.0. The van der Waals surface area contributed by atoms with Gasteiger partial charge < -0.3 is 15.5 Å². The van der Waals surface area contributed by atoms with Crippen molar-refractivity contribution in [3.05, 3.63) is 35.4 Å². The van der Waals surface area contributed by atoms with Crippen molar-refractivity contribution < 1.29 is 9.59 Å². The van der Waals surface area contributed by atoms with Gasteiger partial charge in [0.15, 0.2) is 0 Å². The summed E-state index contributed by atoms with van der Waals surface area (Å²) in [6.07, 6.45) is 1.81. The van der Waals surface area contributed by atoms with Gasteiger partial charge in [0, 0.05) is 45.1 Å². The predicted octanol–water partition coefficient (Wildman–Crippen LogP) is 1.16. The molecule has 1 unspecified atom stereocenters. The normalized spacial score (nSPS) is 22.2. The Hall–Kier alpha value is -1.88. The summed E-state index contributed by atoms with van der Waals surface area (Å²) in [5, 5.41) is 0. The van der Waals surface area contributed by atoms with Crippen molar-refractivity contribution in [1.29, 1.82) is 0 Å². The van der Waals surface area contributed by atoms with E-state index >= 15 is 0 Å². The zero-order valence-electron chi connectivity index (χ0n) is 13.7. The molecule has 3 rings (SSSR count). The van der Waals surface area contributed by atoms with Gasteiger partial charge in [-0.15, -0.1) is 0 Å². The molecule has 0 aromatic heterocycles. The van der Waals surface area contributed by atoms with Crippen molar-refractivity contribution in [3.8, 4) is 0 Å². The second-order valence-corrected chi connectivity index (χ2v) is 6.91. The Kier molecular flexibility index (Phi) is 4.66. The van der Waals surface area contributed by atoms with Crippen LogP contribution < -0.4 is 5.73 Å². The largest absolute Gasteiger partial charge is 0.341 e. The fourth-order valence-electron chi connectivity index (χ4n) is 3.56. The molecule has 2 heterocycles. The van der Waals surface area contributed by atoms with Gasteiger partial charge in [-0.1, -0.05) is 31.2 Å². The zero-order chi connectivity index (χ0) is 16.4. The predicted molar refractivity (Wildman–Crippen MR) is 88.5 cm³/mol. The number of likely N-dealkylation sites (tertiary alicyclic amines) is 1. The number of amides is 2. The van der Waals surface area contributed by atoms with Crippen LogP contribution in [0.15, 0.2) is 24.3 Å². The molecule has 1 aromatic rings. The highest BCUT2D eigenvalue weighted by molar-refractivity contribution is 5.79. The standard InChI is InChI=1S/C18H25N3O2/c1-13-8-17(22)21(10-13)12-16(19)9-18(23)20-7-6-14-4-2-3-5-15(14)11-20/h2-5,13,16H,6-12,19H2,1H3/t13?,16-/m0/s1. The minimum absolute atomic E-state index is 0.0895. The lowest BCUT2D eigenvalue weighted by Crippen LogP contribution is -2.43. The highest BCUT2D eigenvalue weighted by Crippen LogP contribution is 2.20. The Balaban J connectivity index is 1.52. The lowest BCUT2D eigenvalue weighted by Gasteiger charge is -2.30. The molecular formula is C18H25N3O2. The van der Waals surface area contributed by atoms with Gasteiger partial charge in [-0.05, 0) is 23.5 Å². The quantitative estimate of drug-likeness (QED) is 0.906. The lowest BCUT2D eigenvalue weighted by molar-refractivity contribution is -0.133. The molecular weight excluding hydrogens is 290 g/mol. The molecule has 1 fully saturated rings. The molecule has 5 nitrogen and oxygen atoms in total. The number of carbonyl (C=O) groups is 2. The molecule has 2 aliphatic rings. The van der Waals surface area contributed by atoms with Crippen molar-refractivity contribution in [2.24, 2.45) is 11.7 Å². The SMILES string of the molecule is CC1CC(=O)N(C[C@@H](N)CC(=O)N2CCc3ccccc3C2)C1. The molecule has 1 aromatic carbocycles. The number of nitrogens with zero attached hydrogens (tertiary/aromatic N) is 2. The van der Waals surface area contributed by atoms with Gasteiger partial charge in [0.05, 0.1) is 0 Å². The Labute approximate surface area is 137 Å². The van der Waals surface area contributed by atoms with Crippen LogP contribution in [0.25, 0.3) is 0 Å². The number of hydrogen-bond acceptors (Lipinski definition) is 3. The maximum absolute atomic E-state index is 12.5. The molecule has 0 saturated carbocycles. The highest BCUT2D eigenvalue weighted by Gasteiger charge is 2.29. The van der Waals surface area contributed by atoms with Crippen molar-refractivity contribution in [3.63, 3.8) is 0 Å². The van der Waals surface area contributed by atoms with E-state index in [0.29, 0.717) is 31.8 Å². The Morgan fingerprint density at radius 3 is 2.78 bits per heavy atom. The minimum atomic E-state index is -0.283. The first-order valence-electron chi connectivity index (χ1n) is 8.41. The molecule has 0 radical (unpaired) electrons. The van der Waals surface area contributed by atoms with Crippen LogP contribution in [0.2, 0.25) is 0 Å². The van der Waals surface area contributed by atoms with Gasteiger partial charge in [-0.25, -0.2) is 0 Å². The van der Waals surface area contributed by atoms with E-state index in [-0.39, 0.29) is 17.9 Å². The average Bonchev–Trinajstić information content (AvgIpc) is 2.84. The monoisotopic (exact) mass is 315 g/mol. The van der Waals surface area contributed by atoms with Crippen molar-refractivity contribution in [1.82, 2.24) is 9.80 Å². The third kappa shape index (κ3) is 3.72. The summed E-state index contributed by atoms with van der Waals surface area (Å²) < 4.78 is 0. The highest BCUT2D eigenvalue weighted by atomic mass is 16.2.